The highest BCUT2D eigenvalue weighted by atomic mass is 16.7. The molecule has 15 unspecified atom stereocenters. The fourth-order valence-corrected chi connectivity index (χ4v) is 8.70. The number of amides is 6. The number of aliphatic hydroxyl groups is 9. The molecule has 15 atom stereocenters. The third kappa shape index (κ3) is 23.5. The van der Waals surface area contributed by atoms with Crippen molar-refractivity contribution in [3.8, 4) is 28.4 Å². The van der Waals surface area contributed by atoms with E-state index >= 15 is 0 Å². The fourth-order valence-electron chi connectivity index (χ4n) is 8.70. The van der Waals surface area contributed by atoms with Crippen molar-refractivity contribution in [2.75, 3.05) is 78.9 Å². The molecule has 87 heavy (non-hydrogen) atoms. The maximum Gasteiger partial charge on any atom is 0.335 e. The Bertz CT molecular complexity index is 2460. The van der Waals surface area contributed by atoms with Crippen LogP contribution >= 0.6 is 0 Å². The molecule has 0 saturated carbocycles. The maximum absolute atomic E-state index is 12.9. The monoisotopic (exact) mass is 1240 g/mol. The van der Waals surface area contributed by atoms with E-state index in [9.17, 15) is 84.6 Å². The summed E-state index contributed by atoms with van der Waals surface area (Å²) < 4.78 is 49.7. The Kier molecular flexibility index (Phi) is 29.6. The summed E-state index contributed by atoms with van der Waals surface area (Å²) >= 11 is 0. The van der Waals surface area contributed by atoms with Gasteiger partial charge >= 0.3 is 5.97 Å². The topological polar surface area (TPSA) is 477 Å². The minimum absolute atomic E-state index is 0.00254. The highest BCUT2D eigenvalue weighted by Gasteiger charge is 2.44. The lowest BCUT2D eigenvalue weighted by atomic mass is 10.0. The Balaban J connectivity index is 1.10. The zero-order chi connectivity index (χ0) is 63.7. The molecule has 3 fully saturated rings. The van der Waals surface area contributed by atoms with Crippen LogP contribution in [-0.4, -0.2) is 264 Å². The minimum Gasteiger partial charge on any atom is -0.484 e. The predicted molar refractivity (Wildman–Crippen MR) is 296 cm³/mol. The zero-order valence-corrected chi connectivity index (χ0v) is 48.4. The molecule has 3 aliphatic heterocycles. The van der Waals surface area contributed by atoms with Crippen LogP contribution in [-0.2, 0) is 57.2 Å². The second-order valence-corrected chi connectivity index (χ2v) is 20.7. The standard InChI is InChI=1S/C55H82N6O26/c1-28-43(68)46(71)49(74)53(85-28)79-16-4-7-37(62)56-10-13-59-40(65)25-82-34-20-31(19-33(23-34)52(77)78)32-21-35(83-26-41(66)60-14-11-57-38(63)8-5-17-80-54-50(75)47(72)44(69)29(2)86-54)24-36(22-32)84-27-42(67)61-15-12-58-39(64)9-6-18-81-55-51(76)48(73)45(70)30(3)87-55/h19-24,28-30,43-51,53-55,68-76H,4-18,25-27H2,1-3H3,(H,56,62)(H,57,63)(H,58,64)(H,59,65)(H,60,66)(H,61,67)(H,77,78). The van der Waals surface area contributed by atoms with Gasteiger partial charge in [-0.1, -0.05) is 0 Å². The summed E-state index contributed by atoms with van der Waals surface area (Å²) in [6.07, 6.45) is -18.0. The second-order valence-electron chi connectivity index (χ2n) is 20.7. The van der Waals surface area contributed by atoms with Gasteiger partial charge in [0.2, 0.25) is 17.7 Å². The van der Waals surface area contributed by atoms with E-state index < -0.39 is 136 Å². The molecule has 0 aromatic heterocycles. The number of hydrogen-bond donors (Lipinski definition) is 16. The average Bonchev–Trinajstić information content (AvgIpc) is 2.44. The number of carboxylic acid groups (broad SMARTS) is 1. The van der Waals surface area contributed by atoms with Crippen molar-refractivity contribution in [2.45, 2.75) is 151 Å². The molecule has 32 heteroatoms. The molecule has 0 radical (unpaired) electrons. The molecule has 0 aliphatic carbocycles. The number of rotatable bonds is 35. The van der Waals surface area contributed by atoms with Crippen LogP contribution in [0.15, 0.2) is 36.4 Å². The van der Waals surface area contributed by atoms with E-state index in [0.717, 1.165) is 0 Å². The largest absolute Gasteiger partial charge is 0.484 e. The Labute approximate surface area is 500 Å². The van der Waals surface area contributed by atoms with Crippen LogP contribution in [0.4, 0.5) is 0 Å². The molecular formula is C55H82N6O26. The molecule has 488 valence electrons. The average molecular weight is 1240 g/mol. The van der Waals surface area contributed by atoms with E-state index in [1.165, 1.54) is 57.2 Å². The lowest BCUT2D eigenvalue weighted by molar-refractivity contribution is -0.293. The number of nitrogens with one attached hydrogen (secondary N) is 6. The third-order valence-electron chi connectivity index (χ3n) is 13.7. The molecule has 0 bridgehead atoms. The van der Waals surface area contributed by atoms with E-state index in [1.807, 2.05) is 0 Å². The van der Waals surface area contributed by atoms with Gasteiger partial charge in [0.1, 0.15) is 72.2 Å². The number of aliphatic hydroxyl groups excluding tert-OH is 9. The van der Waals surface area contributed by atoms with Crippen LogP contribution in [0.2, 0.25) is 0 Å². The van der Waals surface area contributed by atoms with Gasteiger partial charge in [0, 0.05) is 64.6 Å². The number of carbonyl (C=O) groups is 7. The van der Waals surface area contributed by atoms with Crippen LogP contribution < -0.4 is 46.1 Å². The summed E-state index contributed by atoms with van der Waals surface area (Å²) in [6, 6.07) is 8.14. The number of aromatic carboxylic acids is 1. The maximum atomic E-state index is 12.9. The van der Waals surface area contributed by atoms with Gasteiger partial charge in [-0.05, 0) is 81.5 Å². The summed E-state index contributed by atoms with van der Waals surface area (Å²) in [5.74, 6) is -4.32. The van der Waals surface area contributed by atoms with E-state index in [1.54, 1.807) is 0 Å². The van der Waals surface area contributed by atoms with Crippen LogP contribution in [0, 0.1) is 0 Å². The van der Waals surface area contributed by atoms with Crippen molar-refractivity contribution in [3.63, 3.8) is 0 Å². The number of benzene rings is 2. The molecule has 3 heterocycles. The molecule has 3 saturated heterocycles. The van der Waals surface area contributed by atoms with Gasteiger partial charge in [-0.3, -0.25) is 28.8 Å². The lowest BCUT2D eigenvalue weighted by Crippen LogP contribution is -2.57. The summed E-state index contributed by atoms with van der Waals surface area (Å²) in [7, 11) is 0. The first-order valence-corrected chi connectivity index (χ1v) is 28.4. The molecule has 3 aliphatic rings. The zero-order valence-electron chi connectivity index (χ0n) is 48.4. The molecule has 2 aromatic rings. The predicted octanol–water partition coefficient (Wildman–Crippen LogP) is -5.24. The van der Waals surface area contributed by atoms with E-state index in [4.69, 9.17) is 42.6 Å². The molecule has 6 amide bonds. The van der Waals surface area contributed by atoms with E-state index in [0.29, 0.717) is 0 Å². The van der Waals surface area contributed by atoms with Crippen molar-refractivity contribution in [1.82, 2.24) is 31.9 Å². The first-order valence-electron chi connectivity index (χ1n) is 28.4. The first-order chi connectivity index (χ1) is 41.4. The Morgan fingerprint density at radius 1 is 0.379 bits per heavy atom. The van der Waals surface area contributed by atoms with E-state index in [-0.39, 0.29) is 149 Å². The Morgan fingerprint density at radius 2 is 0.655 bits per heavy atom. The summed E-state index contributed by atoms with van der Waals surface area (Å²) in [5, 5.41) is 115. The van der Waals surface area contributed by atoms with Crippen LogP contribution in [0.1, 0.15) is 69.7 Å². The van der Waals surface area contributed by atoms with Crippen LogP contribution in [0.25, 0.3) is 11.1 Å². The van der Waals surface area contributed by atoms with Crippen molar-refractivity contribution < 1.29 is 127 Å². The Hall–Kier alpha value is -6.47. The smallest absolute Gasteiger partial charge is 0.335 e. The van der Waals surface area contributed by atoms with Crippen LogP contribution in [0.3, 0.4) is 0 Å². The van der Waals surface area contributed by atoms with Gasteiger partial charge < -0.3 is 126 Å². The van der Waals surface area contributed by atoms with Crippen molar-refractivity contribution >= 4 is 41.4 Å². The van der Waals surface area contributed by atoms with Crippen molar-refractivity contribution in [1.29, 1.82) is 0 Å². The quantitative estimate of drug-likeness (QED) is 0.0287. The summed E-state index contributed by atoms with van der Waals surface area (Å²) in [6.45, 7) is 2.91. The van der Waals surface area contributed by atoms with Gasteiger partial charge in [-0.2, -0.15) is 0 Å². The summed E-state index contributed by atoms with van der Waals surface area (Å²) in [4.78, 5) is 88.1. The third-order valence-corrected chi connectivity index (χ3v) is 13.7. The van der Waals surface area contributed by atoms with Gasteiger partial charge in [0.05, 0.1) is 43.7 Å². The fraction of sp³-hybridized carbons (Fsp3) is 0.655. The number of hydrogen-bond acceptors (Lipinski definition) is 25. The number of ether oxygens (including phenoxy) is 9. The van der Waals surface area contributed by atoms with Crippen LogP contribution in [0.5, 0.6) is 17.2 Å². The van der Waals surface area contributed by atoms with Crippen molar-refractivity contribution in [2.24, 2.45) is 0 Å². The second kappa shape index (κ2) is 36.1. The molecule has 2 aromatic carbocycles. The number of carboxylic acids is 1. The highest BCUT2D eigenvalue weighted by molar-refractivity contribution is 5.90. The van der Waals surface area contributed by atoms with Gasteiger partial charge in [-0.25, -0.2) is 4.79 Å². The molecule has 5 rings (SSSR count). The molecule has 0 spiro atoms. The SMILES string of the molecule is CC1OC(OCCCC(=O)NCCNC(=O)COc2cc(OCC(=O)NCCNC(=O)CCCOC3OC(C)C(O)C(O)C3O)cc(-c3cc(OCC(=O)NCCNC(=O)CCCOC4OC(C)C(O)C(O)C4O)cc(C(=O)O)c3)c2)C(O)C(O)C1O. The van der Waals surface area contributed by atoms with E-state index in [2.05, 4.69) is 31.9 Å². The Morgan fingerprint density at radius 3 is 0.954 bits per heavy atom. The van der Waals surface area contributed by atoms with Gasteiger partial charge in [0.15, 0.2) is 38.7 Å². The summed E-state index contributed by atoms with van der Waals surface area (Å²) in [5.41, 5.74) is 0.204. The van der Waals surface area contributed by atoms with Gasteiger partial charge in [-0.15, -0.1) is 0 Å². The lowest BCUT2D eigenvalue weighted by Gasteiger charge is -2.38. The first kappa shape index (κ1) is 71.3. The van der Waals surface area contributed by atoms with Gasteiger partial charge in [0.25, 0.3) is 17.7 Å². The molecular weight excluding hydrogens is 1160 g/mol. The highest BCUT2D eigenvalue weighted by Crippen LogP contribution is 2.33. The molecule has 32 nitrogen and oxygen atoms in total. The normalized spacial score (nSPS) is 27.0. The minimum atomic E-state index is -1.49. The van der Waals surface area contributed by atoms with Crippen molar-refractivity contribution in [3.05, 3.63) is 42.0 Å². The number of carbonyl (C=O) groups excluding carboxylic acids is 6. The molecule has 16 N–H and O–H groups in total.